The highest BCUT2D eigenvalue weighted by atomic mass is 79.9. The summed E-state index contributed by atoms with van der Waals surface area (Å²) in [6, 6.07) is 5.57. The van der Waals surface area contributed by atoms with Crippen molar-refractivity contribution in [2.45, 2.75) is 30.8 Å². The number of nitrogens with two attached hydrogens (primary N) is 1. The fourth-order valence-corrected chi connectivity index (χ4v) is 3.11. The summed E-state index contributed by atoms with van der Waals surface area (Å²) in [4.78, 5) is 9.98. The van der Waals surface area contributed by atoms with Crippen molar-refractivity contribution >= 4 is 33.5 Å². The fourth-order valence-electron chi connectivity index (χ4n) is 1.64. The molecule has 2 rings (SSSR count). The molecule has 0 unspecified atom stereocenters. The van der Waals surface area contributed by atoms with Gasteiger partial charge in [-0.1, -0.05) is 6.07 Å². The van der Waals surface area contributed by atoms with Crippen LogP contribution in [0.2, 0.25) is 0 Å². The predicted octanol–water partition coefficient (Wildman–Crippen LogP) is 3.60. The standard InChI is InChI=1S/C14H15BrN4S/c1-7-8(2)18-14(19-9(7)3)20-12-5-4-10(13(16)17)6-11(12)15/h4-6H,1-3H3,(H3,16,17). The van der Waals surface area contributed by atoms with Gasteiger partial charge >= 0.3 is 0 Å². The second kappa shape index (κ2) is 5.93. The van der Waals surface area contributed by atoms with Gasteiger partial charge in [-0.3, -0.25) is 5.41 Å². The van der Waals surface area contributed by atoms with Crippen LogP contribution >= 0.6 is 27.7 Å². The lowest BCUT2D eigenvalue weighted by Crippen LogP contribution is -2.10. The molecule has 1 heterocycles. The van der Waals surface area contributed by atoms with Gasteiger partial charge in [-0.15, -0.1) is 0 Å². The van der Waals surface area contributed by atoms with Gasteiger partial charge in [-0.25, -0.2) is 9.97 Å². The fraction of sp³-hybridized carbons (Fsp3) is 0.214. The Morgan fingerprint density at radius 3 is 2.30 bits per heavy atom. The number of nitrogens with one attached hydrogen (secondary N) is 1. The highest BCUT2D eigenvalue weighted by Gasteiger charge is 2.09. The van der Waals surface area contributed by atoms with Gasteiger partial charge in [0.2, 0.25) is 0 Å². The smallest absolute Gasteiger partial charge is 0.192 e. The minimum absolute atomic E-state index is 0.0560. The van der Waals surface area contributed by atoms with E-state index in [1.54, 1.807) is 0 Å². The molecule has 0 saturated heterocycles. The van der Waals surface area contributed by atoms with E-state index < -0.39 is 0 Å². The zero-order valence-corrected chi connectivity index (χ0v) is 13.9. The molecule has 0 bridgehead atoms. The van der Waals surface area contributed by atoms with Crippen LogP contribution in [0.5, 0.6) is 0 Å². The lowest BCUT2D eigenvalue weighted by Gasteiger charge is -2.08. The number of benzene rings is 1. The summed E-state index contributed by atoms with van der Waals surface area (Å²) in [6.45, 7) is 6.00. The summed E-state index contributed by atoms with van der Waals surface area (Å²) in [7, 11) is 0. The Kier molecular flexibility index (Phi) is 4.45. The second-order valence-electron chi connectivity index (χ2n) is 4.46. The summed E-state index contributed by atoms with van der Waals surface area (Å²) in [5.41, 5.74) is 9.28. The third kappa shape index (κ3) is 3.19. The van der Waals surface area contributed by atoms with Crippen molar-refractivity contribution < 1.29 is 0 Å². The Morgan fingerprint density at radius 1 is 1.20 bits per heavy atom. The molecule has 0 atom stereocenters. The Bertz CT molecular complexity index is 662. The van der Waals surface area contributed by atoms with Crippen LogP contribution in [0.25, 0.3) is 0 Å². The molecule has 0 aliphatic carbocycles. The van der Waals surface area contributed by atoms with Gasteiger partial charge in [-0.05, 0) is 66.2 Å². The molecule has 0 aliphatic rings. The van der Waals surface area contributed by atoms with Gasteiger partial charge in [0, 0.05) is 26.3 Å². The average Bonchev–Trinajstić information content (AvgIpc) is 2.38. The van der Waals surface area contributed by atoms with E-state index in [9.17, 15) is 0 Å². The molecule has 0 aliphatic heterocycles. The molecule has 4 nitrogen and oxygen atoms in total. The van der Waals surface area contributed by atoms with Crippen molar-refractivity contribution in [2.75, 3.05) is 0 Å². The van der Waals surface area contributed by atoms with Crippen molar-refractivity contribution in [1.29, 1.82) is 5.41 Å². The highest BCUT2D eigenvalue weighted by Crippen LogP contribution is 2.32. The minimum atomic E-state index is 0.0560. The van der Waals surface area contributed by atoms with Crippen LogP contribution in [-0.4, -0.2) is 15.8 Å². The van der Waals surface area contributed by atoms with E-state index in [0.29, 0.717) is 5.56 Å². The topological polar surface area (TPSA) is 75.7 Å². The number of aryl methyl sites for hydroxylation is 2. The van der Waals surface area contributed by atoms with E-state index in [2.05, 4.69) is 25.9 Å². The SMILES string of the molecule is Cc1nc(Sc2ccc(C(=N)N)cc2Br)nc(C)c1C. The van der Waals surface area contributed by atoms with Crippen molar-refractivity contribution in [2.24, 2.45) is 5.73 Å². The van der Waals surface area contributed by atoms with Crippen LogP contribution in [0.15, 0.2) is 32.7 Å². The van der Waals surface area contributed by atoms with Crippen molar-refractivity contribution in [1.82, 2.24) is 9.97 Å². The maximum Gasteiger partial charge on any atom is 0.192 e. The normalized spacial score (nSPS) is 10.6. The van der Waals surface area contributed by atoms with E-state index in [0.717, 1.165) is 31.5 Å². The minimum Gasteiger partial charge on any atom is -0.384 e. The Morgan fingerprint density at radius 2 is 1.80 bits per heavy atom. The first-order chi connectivity index (χ1) is 9.38. The highest BCUT2D eigenvalue weighted by molar-refractivity contribution is 9.10. The van der Waals surface area contributed by atoms with Crippen molar-refractivity contribution in [3.63, 3.8) is 0 Å². The Hall–Kier alpha value is -1.40. The van der Waals surface area contributed by atoms with Crippen LogP contribution in [-0.2, 0) is 0 Å². The third-order valence-corrected chi connectivity index (χ3v) is 4.92. The number of hydrogen-bond acceptors (Lipinski definition) is 4. The first-order valence-corrected chi connectivity index (χ1v) is 7.63. The van der Waals surface area contributed by atoms with Gasteiger partial charge in [-0.2, -0.15) is 0 Å². The van der Waals surface area contributed by atoms with Crippen LogP contribution < -0.4 is 5.73 Å². The van der Waals surface area contributed by atoms with Gasteiger partial charge in [0.05, 0.1) is 0 Å². The van der Waals surface area contributed by atoms with Gasteiger partial charge in [0.1, 0.15) is 5.84 Å². The van der Waals surface area contributed by atoms with E-state index in [4.69, 9.17) is 11.1 Å². The van der Waals surface area contributed by atoms with E-state index in [1.807, 2.05) is 39.0 Å². The molecule has 6 heteroatoms. The molecule has 3 N–H and O–H groups in total. The van der Waals surface area contributed by atoms with Gasteiger partial charge < -0.3 is 5.73 Å². The lowest BCUT2D eigenvalue weighted by molar-refractivity contribution is 0.880. The summed E-state index contributed by atoms with van der Waals surface area (Å²) in [5.74, 6) is 0.0560. The van der Waals surface area contributed by atoms with Gasteiger partial charge in [0.25, 0.3) is 0 Å². The molecular weight excluding hydrogens is 336 g/mol. The molecule has 0 spiro atoms. The summed E-state index contributed by atoms with van der Waals surface area (Å²) >= 11 is 4.99. The molecule has 0 amide bonds. The quantitative estimate of drug-likeness (QED) is 0.503. The van der Waals surface area contributed by atoms with Gasteiger partial charge in [0.15, 0.2) is 5.16 Å². The molecule has 0 radical (unpaired) electrons. The largest absolute Gasteiger partial charge is 0.384 e. The predicted molar refractivity (Wildman–Crippen MR) is 85.5 cm³/mol. The van der Waals surface area contributed by atoms with E-state index in [1.165, 1.54) is 11.8 Å². The van der Waals surface area contributed by atoms with Crippen molar-refractivity contribution in [3.05, 3.63) is 45.2 Å². The van der Waals surface area contributed by atoms with Crippen LogP contribution in [0.4, 0.5) is 0 Å². The Labute approximate surface area is 130 Å². The van der Waals surface area contributed by atoms with Crippen LogP contribution in [0.3, 0.4) is 0 Å². The number of hydrogen-bond donors (Lipinski definition) is 2. The van der Waals surface area contributed by atoms with Crippen molar-refractivity contribution in [3.8, 4) is 0 Å². The molecular formula is C14H15BrN4S. The molecule has 0 fully saturated rings. The number of rotatable bonds is 3. The zero-order chi connectivity index (χ0) is 14.9. The number of nitrogen functional groups attached to an aromatic ring is 1. The molecule has 1 aromatic carbocycles. The first kappa shape index (κ1) is 15.0. The maximum absolute atomic E-state index is 7.43. The van der Waals surface area contributed by atoms with Crippen LogP contribution in [0, 0.1) is 26.2 Å². The molecule has 104 valence electrons. The lowest BCUT2D eigenvalue weighted by atomic mass is 10.2. The van der Waals surface area contributed by atoms with E-state index in [-0.39, 0.29) is 5.84 Å². The molecule has 2 aromatic rings. The number of nitrogens with zero attached hydrogens (tertiary/aromatic N) is 2. The van der Waals surface area contributed by atoms with Crippen LogP contribution in [0.1, 0.15) is 22.5 Å². The number of halogens is 1. The zero-order valence-electron chi connectivity index (χ0n) is 11.5. The monoisotopic (exact) mass is 350 g/mol. The first-order valence-electron chi connectivity index (χ1n) is 6.02. The molecule has 1 aromatic heterocycles. The number of amidine groups is 1. The summed E-state index contributed by atoms with van der Waals surface area (Å²) in [6.07, 6.45) is 0. The number of aromatic nitrogens is 2. The maximum atomic E-state index is 7.43. The molecule has 0 saturated carbocycles. The Balaban J connectivity index is 2.33. The third-order valence-electron chi connectivity index (χ3n) is 3.06. The molecule has 20 heavy (non-hydrogen) atoms. The summed E-state index contributed by atoms with van der Waals surface area (Å²) < 4.78 is 0.884. The average molecular weight is 351 g/mol. The van der Waals surface area contributed by atoms with E-state index >= 15 is 0 Å². The second-order valence-corrected chi connectivity index (χ2v) is 6.33. The summed E-state index contributed by atoms with van der Waals surface area (Å²) in [5, 5.41) is 8.15.